The third-order valence-electron chi connectivity index (χ3n) is 2.12. The molecule has 1 heterocycles. The fourth-order valence-corrected chi connectivity index (χ4v) is 1.58. The molecular formula is C10H7ClF2N2O2. The Morgan fingerprint density at radius 2 is 2.12 bits per heavy atom. The molecule has 17 heavy (non-hydrogen) atoms. The molecule has 0 radical (unpaired) electrons. The van der Waals surface area contributed by atoms with Gasteiger partial charge in [-0.2, -0.15) is 0 Å². The van der Waals surface area contributed by atoms with Gasteiger partial charge in [0.2, 0.25) is 0 Å². The molecular weight excluding hydrogens is 254 g/mol. The molecule has 0 spiro atoms. The number of nitrogens with two attached hydrogens (primary N) is 1. The van der Waals surface area contributed by atoms with E-state index in [1.807, 2.05) is 0 Å². The summed E-state index contributed by atoms with van der Waals surface area (Å²) in [5.41, 5.74) is 4.87. The van der Waals surface area contributed by atoms with Crippen LogP contribution in [0.4, 0.5) is 14.6 Å². The lowest BCUT2D eigenvalue weighted by atomic mass is 10.1. The molecule has 0 saturated carbocycles. The molecule has 0 fully saturated rings. The molecule has 1 aromatic carbocycles. The zero-order valence-corrected chi connectivity index (χ0v) is 9.39. The van der Waals surface area contributed by atoms with E-state index in [0.29, 0.717) is 0 Å². The van der Waals surface area contributed by atoms with Gasteiger partial charge in [-0.1, -0.05) is 16.8 Å². The van der Waals surface area contributed by atoms with Gasteiger partial charge in [0, 0.05) is 12.1 Å². The molecule has 90 valence electrons. The Morgan fingerprint density at radius 3 is 2.65 bits per heavy atom. The first-order chi connectivity index (χ1) is 8.04. The smallest absolute Gasteiger partial charge is 0.175 e. The van der Waals surface area contributed by atoms with E-state index in [4.69, 9.17) is 22.1 Å². The minimum Gasteiger partial charge on any atom is -0.495 e. The highest BCUT2D eigenvalue weighted by Crippen LogP contribution is 2.37. The summed E-state index contributed by atoms with van der Waals surface area (Å²) in [5.74, 6) is -2.08. The van der Waals surface area contributed by atoms with Crippen molar-refractivity contribution in [2.75, 3.05) is 12.8 Å². The fraction of sp³-hybridized carbons (Fsp3) is 0.100. The Balaban J connectivity index is 2.66. The molecule has 0 bridgehead atoms. The highest BCUT2D eigenvalue weighted by molar-refractivity contribution is 6.32. The summed E-state index contributed by atoms with van der Waals surface area (Å²) in [4.78, 5) is 0. The van der Waals surface area contributed by atoms with Gasteiger partial charge in [-0.3, -0.25) is 0 Å². The van der Waals surface area contributed by atoms with Crippen molar-refractivity contribution in [2.24, 2.45) is 0 Å². The van der Waals surface area contributed by atoms with E-state index in [1.54, 1.807) is 0 Å². The number of aromatic nitrogens is 1. The van der Waals surface area contributed by atoms with Crippen molar-refractivity contribution >= 4 is 17.4 Å². The van der Waals surface area contributed by atoms with Crippen molar-refractivity contribution in [3.63, 3.8) is 0 Å². The number of hydrogen-bond donors (Lipinski definition) is 1. The van der Waals surface area contributed by atoms with E-state index in [1.165, 1.54) is 13.2 Å². The first-order valence-electron chi connectivity index (χ1n) is 4.48. The molecule has 1 aromatic heterocycles. The lowest BCUT2D eigenvalue weighted by molar-refractivity contribution is 0.405. The van der Waals surface area contributed by atoms with Crippen LogP contribution in [0.3, 0.4) is 0 Å². The largest absolute Gasteiger partial charge is 0.495 e. The van der Waals surface area contributed by atoms with Gasteiger partial charge in [-0.25, -0.2) is 8.78 Å². The normalized spacial score (nSPS) is 10.6. The summed E-state index contributed by atoms with van der Waals surface area (Å²) in [7, 11) is 1.26. The minimum absolute atomic E-state index is 0.0192. The number of rotatable bonds is 2. The second-order valence-corrected chi connectivity index (χ2v) is 3.56. The minimum atomic E-state index is -0.986. The Hall–Kier alpha value is -1.82. The summed E-state index contributed by atoms with van der Waals surface area (Å²) in [6.07, 6.45) is 0. The van der Waals surface area contributed by atoms with E-state index < -0.39 is 17.2 Å². The number of anilines is 1. The number of halogens is 3. The van der Waals surface area contributed by atoms with E-state index in [9.17, 15) is 8.78 Å². The van der Waals surface area contributed by atoms with Gasteiger partial charge in [0.15, 0.2) is 17.4 Å². The average molecular weight is 261 g/mol. The molecule has 7 heteroatoms. The van der Waals surface area contributed by atoms with Crippen LogP contribution in [0.1, 0.15) is 0 Å². The maximum absolute atomic E-state index is 13.8. The third kappa shape index (κ3) is 1.91. The first-order valence-corrected chi connectivity index (χ1v) is 4.86. The summed E-state index contributed by atoms with van der Waals surface area (Å²) < 4.78 is 36.9. The summed E-state index contributed by atoms with van der Waals surface area (Å²) in [5, 5.41) is 3.01. The zero-order valence-electron chi connectivity index (χ0n) is 8.63. The van der Waals surface area contributed by atoms with E-state index in [0.717, 1.165) is 6.07 Å². The molecule has 4 nitrogen and oxygen atoms in total. The van der Waals surface area contributed by atoms with Gasteiger partial charge < -0.3 is 15.0 Å². The van der Waals surface area contributed by atoms with E-state index in [-0.39, 0.29) is 22.4 Å². The first kappa shape index (κ1) is 11.7. The van der Waals surface area contributed by atoms with Gasteiger partial charge in [0.1, 0.15) is 16.6 Å². The number of nitrogen functional groups attached to an aromatic ring is 1. The number of ether oxygens (including phenoxy) is 1. The van der Waals surface area contributed by atoms with Crippen LogP contribution in [-0.2, 0) is 0 Å². The molecule has 2 aromatic rings. The Labute approximate surface area is 99.9 Å². The number of benzene rings is 1. The molecule has 2 N–H and O–H groups in total. The lowest BCUT2D eigenvalue weighted by Gasteiger charge is -2.07. The number of hydrogen-bond acceptors (Lipinski definition) is 4. The van der Waals surface area contributed by atoms with Crippen molar-refractivity contribution in [2.45, 2.75) is 0 Å². The molecule has 0 saturated heterocycles. The summed E-state index contributed by atoms with van der Waals surface area (Å²) in [6, 6.07) is 2.16. The average Bonchev–Trinajstić information content (AvgIpc) is 2.70. The highest BCUT2D eigenvalue weighted by Gasteiger charge is 2.22. The Kier molecular flexibility index (Phi) is 2.89. The van der Waals surface area contributed by atoms with Gasteiger partial charge in [0.25, 0.3) is 0 Å². The second kappa shape index (κ2) is 4.21. The Morgan fingerprint density at radius 1 is 1.41 bits per heavy atom. The standard InChI is InChI=1S/C10H7ClF2N2O2/c1-16-6-2-4(12)8(10(13)9(6)11)5-3-7(14)15-17-5/h2-3H,1H3,(H2,14,15). The SMILES string of the molecule is COc1cc(F)c(-c2cc(N)no2)c(F)c1Cl. The maximum atomic E-state index is 13.8. The van der Waals surface area contributed by atoms with Crippen molar-refractivity contribution < 1.29 is 18.0 Å². The predicted octanol–water partition coefficient (Wildman–Crippen LogP) is 2.86. The van der Waals surface area contributed by atoms with Crippen LogP contribution >= 0.6 is 11.6 Å². The predicted molar refractivity (Wildman–Crippen MR) is 57.8 cm³/mol. The Bertz CT molecular complexity index is 572. The highest BCUT2D eigenvalue weighted by atomic mass is 35.5. The molecule has 0 aliphatic rings. The van der Waals surface area contributed by atoms with Crippen LogP contribution in [0.25, 0.3) is 11.3 Å². The fourth-order valence-electron chi connectivity index (χ4n) is 1.35. The van der Waals surface area contributed by atoms with Crippen LogP contribution in [0.15, 0.2) is 16.7 Å². The van der Waals surface area contributed by atoms with Gasteiger partial charge in [-0.15, -0.1) is 0 Å². The lowest BCUT2D eigenvalue weighted by Crippen LogP contribution is -1.94. The van der Waals surface area contributed by atoms with E-state index in [2.05, 4.69) is 9.68 Å². The summed E-state index contributed by atoms with van der Waals surface area (Å²) >= 11 is 5.67. The molecule has 0 amide bonds. The number of nitrogens with zero attached hydrogens (tertiary/aromatic N) is 1. The molecule has 2 rings (SSSR count). The van der Waals surface area contributed by atoms with E-state index >= 15 is 0 Å². The summed E-state index contributed by atoms with van der Waals surface area (Å²) in [6.45, 7) is 0. The monoisotopic (exact) mass is 260 g/mol. The van der Waals surface area contributed by atoms with Gasteiger partial charge in [-0.05, 0) is 0 Å². The topological polar surface area (TPSA) is 61.3 Å². The number of methoxy groups -OCH3 is 1. The third-order valence-corrected chi connectivity index (χ3v) is 2.47. The van der Waals surface area contributed by atoms with Gasteiger partial charge in [0.05, 0.1) is 12.7 Å². The maximum Gasteiger partial charge on any atom is 0.175 e. The van der Waals surface area contributed by atoms with Crippen LogP contribution in [0.5, 0.6) is 5.75 Å². The molecule has 0 unspecified atom stereocenters. The van der Waals surface area contributed by atoms with Gasteiger partial charge >= 0.3 is 0 Å². The van der Waals surface area contributed by atoms with Crippen LogP contribution in [-0.4, -0.2) is 12.3 Å². The van der Waals surface area contributed by atoms with Crippen LogP contribution in [0, 0.1) is 11.6 Å². The van der Waals surface area contributed by atoms with Crippen LogP contribution in [0.2, 0.25) is 5.02 Å². The van der Waals surface area contributed by atoms with Crippen molar-refractivity contribution in [3.05, 3.63) is 28.8 Å². The van der Waals surface area contributed by atoms with Crippen LogP contribution < -0.4 is 10.5 Å². The molecule has 0 atom stereocenters. The second-order valence-electron chi connectivity index (χ2n) is 3.18. The molecule has 0 aliphatic heterocycles. The van der Waals surface area contributed by atoms with Crippen molar-refractivity contribution in [3.8, 4) is 17.1 Å². The van der Waals surface area contributed by atoms with Crippen molar-refractivity contribution in [1.82, 2.24) is 5.16 Å². The molecule has 0 aliphatic carbocycles. The quantitative estimate of drug-likeness (QED) is 0.844. The van der Waals surface area contributed by atoms with Crippen molar-refractivity contribution in [1.29, 1.82) is 0 Å². The zero-order chi connectivity index (χ0) is 12.6.